The van der Waals surface area contributed by atoms with Crippen molar-refractivity contribution in [2.24, 2.45) is 5.73 Å². The Morgan fingerprint density at radius 1 is 1.47 bits per heavy atom. The predicted octanol–water partition coefficient (Wildman–Crippen LogP) is 1.50. The summed E-state index contributed by atoms with van der Waals surface area (Å²) >= 11 is 0. The zero-order valence-corrected chi connectivity index (χ0v) is 11.6. The number of hydrogen-bond acceptors (Lipinski definition) is 3. The fourth-order valence-corrected chi connectivity index (χ4v) is 2.53. The van der Waals surface area contributed by atoms with Crippen LogP contribution in [-0.2, 0) is 16.0 Å². The quantitative estimate of drug-likeness (QED) is 0.894. The maximum Gasteiger partial charge on any atom is 0.249 e. The molecule has 1 aromatic carbocycles. The number of carbonyl (C=O) groups excluding carboxylic acids is 1. The summed E-state index contributed by atoms with van der Waals surface area (Å²) in [7, 11) is 0. The zero-order valence-electron chi connectivity index (χ0n) is 11.6. The molecule has 1 unspecified atom stereocenters. The van der Waals surface area contributed by atoms with Gasteiger partial charge in [0, 0.05) is 13.1 Å². The molecule has 0 bridgehead atoms. The molecule has 4 nitrogen and oxygen atoms in total. The van der Waals surface area contributed by atoms with Gasteiger partial charge in [-0.25, -0.2) is 0 Å². The summed E-state index contributed by atoms with van der Waals surface area (Å²) in [4.78, 5) is 14.1. The summed E-state index contributed by atoms with van der Waals surface area (Å²) in [6.45, 7) is 5.17. The number of nitrogens with two attached hydrogens (primary N) is 1. The Hall–Kier alpha value is -1.39. The molecule has 1 amide bonds. The first-order valence-electron chi connectivity index (χ1n) is 6.82. The number of nitrogens with zero attached hydrogens (tertiary/aromatic N) is 1. The number of ether oxygens (including phenoxy) is 1. The molecule has 0 fully saturated rings. The van der Waals surface area contributed by atoms with E-state index in [1.807, 2.05) is 30.9 Å². The molecule has 0 saturated carbocycles. The number of benzene rings is 1. The predicted molar refractivity (Wildman–Crippen MR) is 74.7 cm³/mol. The summed E-state index contributed by atoms with van der Waals surface area (Å²) in [5, 5.41) is 0. The van der Waals surface area contributed by atoms with Crippen LogP contribution in [0.3, 0.4) is 0 Å². The minimum absolute atomic E-state index is 0.0202. The average molecular weight is 262 g/mol. The van der Waals surface area contributed by atoms with E-state index in [4.69, 9.17) is 10.5 Å². The van der Waals surface area contributed by atoms with Crippen molar-refractivity contribution >= 4 is 5.91 Å². The highest BCUT2D eigenvalue weighted by Gasteiger charge is 2.29. The van der Waals surface area contributed by atoms with Crippen LogP contribution in [-0.4, -0.2) is 36.6 Å². The highest BCUT2D eigenvalue weighted by Crippen LogP contribution is 2.28. The van der Waals surface area contributed by atoms with E-state index in [0.717, 1.165) is 13.0 Å². The van der Waals surface area contributed by atoms with Crippen LogP contribution < -0.4 is 5.73 Å². The molecule has 0 saturated heterocycles. The monoisotopic (exact) mass is 262 g/mol. The Morgan fingerprint density at radius 3 is 2.89 bits per heavy atom. The van der Waals surface area contributed by atoms with Crippen molar-refractivity contribution in [1.29, 1.82) is 0 Å². The minimum Gasteiger partial charge on any atom is -0.369 e. The lowest BCUT2D eigenvalue weighted by Gasteiger charge is -2.36. The molecule has 0 aromatic heterocycles. The van der Waals surface area contributed by atoms with Gasteiger partial charge in [0.1, 0.15) is 6.61 Å². The fourth-order valence-electron chi connectivity index (χ4n) is 2.53. The number of fused-ring (bicyclic) bond motifs is 1. The van der Waals surface area contributed by atoms with Crippen molar-refractivity contribution in [1.82, 2.24) is 4.90 Å². The normalized spacial score (nSPS) is 18.5. The lowest BCUT2D eigenvalue weighted by molar-refractivity contribution is -0.140. The summed E-state index contributed by atoms with van der Waals surface area (Å²) in [5.41, 5.74) is 8.34. The fraction of sp³-hybridized carbons (Fsp3) is 0.533. The Balaban J connectivity index is 2.13. The first-order valence-corrected chi connectivity index (χ1v) is 6.82. The van der Waals surface area contributed by atoms with Gasteiger partial charge in [0.2, 0.25) is 5.91 Å². The van der Waals surface area contributed by atoms with Crippen LogP contribution in [0.5, 0.6) is 0 Å². The van der Waals surface area contributed by atoms with E-state index >= 15 is 0 Å². The largest absolute Gasteiger partial charge is 0.369 e. The molecule has 1 atom stereocenters. The summed E-state index contributed by atoms with van der Waals surface area (Å²) in [6.07, 6.45) is 0.956. The second-order valence-electron chi connectivity index (χ2n) is 5.15. The SMILES string of the molecule is CC(C)OCC(=O)N1CCc2ccccc2C1CN. The average Bonchev–Trinajstić information content (AvgIpc) is 2.43. The molecule has 4 heteroatoms. The number of hydrogen-bond donors (Lipinski definition) is 1. The molecular formula is C15H22N2O2. The van der Waals surface area contributed by atoms with Crippen LogP contribution in [0.1, 0.15) is 31.0 Å². The van der Waals surface area contributed by atoms with E-state index in [2.05, 4.69) is 12.1 Å². The zero-order chi connectivity index (χ0) is 13.8. The lowest BCUT2D eigenvalue weighted by Crippen LogP contribution is -2.44. The van der Waals surface area contributed by atoms with Crippen molar-refractivity contribution < 1.29 is 9.53 Å². The van der Waals surface area contributed by atoms with Gasteiger partial charge >= 0.3 is 0 Å². The Bertz CT molecular complexity index is 446. The molecule has 1 aliphatic heterocycles. The van der Waals surface area contributed by atoms with Crippen LogP contribution in [0, 0.1) is 0 Å². The van der Waals surface area contributed by atoms with Gasteiger partial charge in [-0.3, -0.25) is 4.79 Å². The molecular weight excluding hydrogens is 240 g/mol. The van der Waals surface area contributed by atoms with Crippen LogP contribution in [0.2, 0.25) is 0 Å². The summed E-state index contributed by atoms with van der Waals surface area (Å²) in [5.74, 6) is 0.0265. The van der Waals surface area contributed by atoms with Crippen LogP contribution in [0.4, 0.5) is 0 Å². The Kier molecular flexibility index (Phi) is 4.56. The molecule has 2 N–H and O–H groups in total. The van der Waals surface area contributed by atoms with E-state index in [1.165, 1.54) is 11.1 Å². The summed E-state index contributed by atoms with van der Waals surface area (Å²) in [6, 6.07) is 8.19. The van der Waals surface area contributed by atoms with Crippen molar-refractivity contribution in [3.05, 3.63) is 35.4 Å². The van der Waals surface area contributed by atoms with Gasteiger partial charge in [-0.05, 0) is 31.4 Å². The molecule has 1 heterocycles. The smallest absolute Gasteiger partial charge is 0.249 e. The summed E-state index contributed by atoms with van der Waals surface area (Å²) < 4.78 is 5.41. The van der Waals surface area contributed by atoms with Crippen molar-refractivity contribution in [3.8, 4) is 0 Å². The van der Waals surface area contributed by atoms with Gasteiger partial charge < -0.3 is 15.4 Å². The first-order chi connectivity index (χ1) is 9.13. The molecule has 0 radical (unpaired) electrons. The maximum atomic E-state index is 12.2. The van der Waals surface area contributed by atoms with E-state index in [9.17, 15) is 4.79 Å². The van der Waals surface area contributed by atoms with Crippen molar-refractivity contribution in [3.63, 3.8) is 0 Å². The molecule has 1 aliphatic rings. The topological polar surface area (TPSA) is 55.6 Å². The maximum absolute atomic E-state index is 12.2. The standard InChI is InChI=1S/C15H22N2O2/c1-11(2)19-10-15(18)17-8-7-12-5-3-4-6-13(12)14(17)9-16/h3-6,11,14H,7-10,16H2,1-2H3. The third-order valence-electron chi connectivity index (χ3n) is 3.50. The number of amides is 1. The van der Waals surface area contributed by atoms with Crippen LogP contribution in [0.15, 0.2) is 24.3 Å². The molecule has 2 rings (SSSR count). The van der Waals surface area contributed by atoms with E-state index in [1.54, 1.807) is 0 Å². The molecule has 104 valence electrons. The van der Waals surface area contributed by atoms with Crippen LogP contribution >= 0.6 is 0 Å². The Morgan fingerprint density at radius 2 is 2.21 bits per heavy atom. The molecule has 19 heavy (non-hydrogen) atoms. The highest BCUT2D eigenvalue weighted by atomic mass is 16.5. The molecule has 0 spiro atoms. The van der Waals surface area contributed by atoms with Gasteiger partial charge in [0.25, 0.3) is 0 Å². The van der Waals surface area contributed by atoms with E-state index in [0.29, 0.717) is 6.54 Å². The number of carbonyl (C=O) groups is 1. The van der Waals surface area contributed by atoms with Gasteiger partial charge in [-0.2, -0.15) is 0 Å². The highest BCUT2D eigenvalue weighted by molar-refractivity contribution is 5.78. The van der Waals surface area contributed by atoms with Gasteiger partial charge in [0.15, 0.2) is 0 Å². The van der Waals surface area contributed by atoms with Crippen LogP contribution in [0.25, 0.3) is 0 Å². The Labute approximate surface area is 114 Å². The molecule has 1 aromatic rings. The van der Waals surface area contributed by atoms with E-state index in [-0.39, 0.29) is 24.7 Å². The van der Waals surface area contributed by atoms with Gasteiger partial charge in [0.05, 0.1) is 12.1 Å². The second-order valence-corrected chi connectivity index (χ2v) is 5.15. The third-order valence-corrected chi connectivity index (χ3v) is 3.50. The van der Waals surface area contributed by atoms with Crippen molar-refractivity contribution in [2.45, 2.75) is 32.4 Å². The third kappa shape index (κ3) is 3.14. The number of rotatable bonds is 4. The lowest BCUT2D eigenvalue weighted by atomic mass is 9.92. The second kappa shape index (κ2) is 6.17. The molecule has 0 aliphatic carbocycles. The minimum atomic E-state index is -0.0202. The van der Waals surface area contributed by atoms with Gasteiger partial charge in [-0.1, -0.05) is 24.3 Å². The van der Waals surface area contributed by atoms with Crippen molar-refractivity contribution in [2.75, 3.05) is 19.7 Å². The first kappa shape index (κ1) is 14.0. The van der Waals surface area contributed by atoms with E-state index < -0.39 is 0 Å². The van der Waals surface area contributed by atoms with Gasteiger partial charge in [-0.15, -0.1) is 0 Å².